The van der Waals surface area contributed by atoms with Gasteiger partial charge in [-0.25, -0.2) is 4.98 Å². The number of ether oxygens (including phenoxy) is 1. The summed E-state index contributed by atoms with van der Waals surface area (Å²) < 4.78 is 6.04. The predicted molar refractivity (Wildman–Crippen MR) is 109 cm³/mol. The Labute approximate surface area is 157 Å². The molecule has 0 aliphatic carbocycles. The van der Waals surface area contributed by atoms with E-state index in [0.717, 1.165) is 24.1 Å². The van der Waals surface area contributed by atoms with Crippen molar-refractivity contribution >= 4 is 11.5 Å². The average molecular weight is 354 g/mol. The first-order valence-electron chi connectivity index (χ1n) is 9.05. The fraction of sp³-hybridized carbons (Fsp3) is 0.409. The van der Waals surface area contributed by atoms with Gasteiger partial charge in [-0.2, -0.15) is 0 Å². The summed E-state index contributed by atoms with van der Waals surface area (Å²) in [6, 6.07) is 3.96. The minimum Gasteiger partial charge on any atom is -0.474 e. The molecule has 26 heavy (non-hydrogen) atoms. The molecule has 4 nitrogen and oxygen atoms in total. The molecule has 1 atom stereocenters. The zero-order valence-corrected chi connectivity index (χ0v) is 16.6. The first-order chi connectivity index (χ1) is 12.4. The fourth-order valence-corrected chi connectivity index (χ4v) is 2.52. The van der Waals surface area contributed by atoms with Crippen LogP contribution in [0.1, 0.15) is 51.3 Å². The number of nitrogens with zero attached hydrogens (tertiary/aromatic N) is 2. The molecule has 0 bridgehead atoms. The molecule has 140 valence electrons. The van der Waals surface area contributed by atoms with Crippen LogP contribution in [0.3, 0.4) is 0 Å². The molecule has 0 N–H and O–H groups in total. The van der Waals surface area contributed by atoms with E-state index in [4.69, 9.17) is 4.74 Å². The van der Waals surface area contributed by atoms with Crippen LogP contribution in [0, 0.1) is 13.8 Å². The highest BCUT2D eigenvalue weighted by atomic mass is 16.5. The molecule has 0 saturated heterocycles. The normalized spacial score (nSPS) is 13.3. The van der Waals surface area contributed by atoms with Crippen LogP contribution >= 0.6 is 0 Å². The second kappa shape index (κ2) is 11.2. The van der Waals surface area contributed by atoms with Crippen molar-refractivity contribution in [1.82, 2.24) is 4.98 Å². The van der Waals surface area contributed by atoms with E-state index in [9.17, 15) is 4.79 Å². The maximum absolute atomic E-state index is 12.3. The van der Waals surface area contributed by atoms with Crippen molar-refractivity contribution in [3.63, 3.8) is 0 Å². The Morgan fingerprint density at radius 2 is 2.12 bits per heavy atom. The third-order valence-electron chi connectivity index (χ3n) is 3.63. The van der Waals surface area contributed by atoms with Gasteiger partial charge in [0.25, 0.3) is 0 Å². The first-order valence-corrected chi connectivity index (χ1v) is 9.05. The van der Waals surface area contributed by atoms with Crippen molar-refractivity contribution in [3.05, 3.63) is 60.0 Å². The number of carbonyl (C=O) groups is 1. The van der Waals surface area contributed by atoms with E-state index in [2.05, 4.69) is 23.5 Å². The van der Waals surface area contributed by atoms with Gasteiger partial charge in [-0.05, 0) is 57.4 Å². The molecule has 1 aromatic rings. The zero-order chi connectivity index (χ0) is 19.5. The predicted octanol–water partition coefficient (Wildman–Crippen LogP) is 5.31. The standard InChI is InChI=1S/C22H30N2O2/c1-7-10-19(26-21-15-17(5)14-18(6)24-21)11-9-12-20(25)22(16(3)4)23-13-8-2/h8-9,12-15,19H,3,7,10-11H2,1-2,4-6H3/b12-9+,13-8-,23-22?/t19-/m1/s1. The Hall–Kier alpha value is -2.49. The summed E-state index contributed by atoms with van der Waals surface area (Å²) in [5.41, 5.74) is 3.09. The molecule has 4 heteroatoms. The van der Waals surface area contributed by atoms with E-state index in [1.807, 2.05) is 39.0 Å². The summed E-state index contributed by atoms with van der Waals surface area (Å²) >= 11 is 0. The number of carbonyl (C=O) groups excluding carboxylic acids is 1. The minimum atomic E-state index is -0.143. The van der Waals surface area contributed by atoms with Gasteiger partial charge in [0, 0.05) is 24.4 Å². The Morgan fingerprint density at radius 1 is 1.38 bits per heavy atom. The third-order valence-corrected chi connectivity index (χ3v) is 3.63. The van der Waals surface area contributed by atoms with Crippen LogP contribution in [0.4, 0.5) is 0 Å². The third kappa shape index (κ3) is 7.60. The van der Waals surface area contributed by atoms with Crippen molar-refractivity contribution in [2.24, 2.45) is 4.99 Å². The molecule has 0 radical (unpaired) electrons. The molecule has 1 heterocycles. The van der Waals surface area contributed by atoms with Crippen molar-refractivity contribution in [2.45, 2.75) is 60.0 Å². The zero-order valence-electron chi connectivity index (χ0n) is 16.6. The van der Waals surface area contributed by atoms with Crippen LogP contribution in [0.2, 0.25) is 0 Å². The van der Waals surface area contributed by atoms with Crippen LogP contribution in [0.15, 0.2) is 53.7 Å². The van der Waals surface area contributed by atoms with Crippen LogP contribution in [0.5, 0.6) is 5.88 Å². The molecule has 0 spiro atoms. The number of aliphatic imine (C=N–C) groups is 1. The Bertz CT molecular complexity index is 695. The molecule has 0 saturated carbocycles. The summed E-state index contributed by atoms with van der Waals surface area (Å²) in [6.45, 7) is 13.6. The largest absolute Gasteiger partial charge is 0.474 e. The molecule has 0 unspecified atom stereocenters. The summed E-state index contributed by atoms with van der Waals surface area (Å²) in [7, 11) is 0. The number of hydrogen-bond donors (Lipinski definition) is 0. The van der Waals surface area contributed by atoms with Gasteiger partial charge in [0.2, 0.25) is 11.7 Å². The molecular weight excluding hydrogens is 324 g/mol. The molecule has 1 aromatic heterocycles. The van der Waals surface area contributed by atoms with Gasteiger partial charge in [-0.3, -0.25) is 9.79 Å². The summed E-state index contributed by atoms with van der Waals surface area (Å²) in [6.07, 6.45) is 9.30. The lowest BCUT2D eigenvalue weighted by molar-refractivity contribution is -0.108. The minimum absolute atomic E-state index is 0.0153. The topological polar surface area (TPSA) is 51.5 Å². The van der Waals surface area contributed by atoms with Crippen LogP contribution < -0.4 is 4.74 Å². The van der Waals surface area contributed by atoms with Gasteiger partial charge in [-0.1, -0.05) is 32.1 Å². The van der Waals surface area contributed by atoms with Crippen molar-refractivity contribution in [1.29, 1.82) is 0 Å². The number of allylic oxidation sites excluding steroid dienone is 3. The monoisotopic (exact) mass is 354 g/mol. The first kappa shape index (κ1) is 21.6. The lowest BCUT2D eigenvalue weighted by Gasteiger charge is -2.17. The fourth-order valence-electron chi connectivity index (χ4n) is 2.52. The molecule has 0 aromatic carbocycles. The second-order valence-corrected chi connectivity index (χ2v) is 6.40. The molecule has 0 aliphatic heterocycles. The average Bonchev–Trinajstić information content (AvgIpc) is 2.54. The number of ketones is 1. The van der Waals surface area contributed by atoms with Crippen LogP contribution in [0.25, 0.3) is 0 Å². The van der Waals surface area contributed by atoms with Gasteiger partial charge in [0.05, 0.1) is 0 Å². The van der Waals surface area contributed by atoms with E-state index in [-0.39, 0.29) is 11.9 Å². The van der Waals surface area contributed by atoms with Crippen molar-refractivity contribution in [3.8, 4) is 5.88 Å². The molecule has 0 fully saturated rings. The number of aromatic nitrogens is 1. The van der Waals surface area contributed by atoms with Gasteiger partial charge in [0.15, 0.2) is 0 Å². The number of pyridine rings is 1. The van der Waals surface area contributed by atoms with Crippen molar-refractivity contribution in [2.75, 3.05) is 0 Å². The van der Waals surface area contributed by atoms with Crippen molar-refractivity contribution < 1.29 is 9.53 Å². The summed E-state index contributed by atoms with van der Waals surface area (Å²) in [5, 5.41) is 0. The molecule has 0 amide bonds. The van der Waals surface area contributed by atoms with Gasteiger partial charge >= 0.3 is 0 Å². The van der Waals surface area contributed by atoms with Crippen LogP contribution in [-0.4, -0.2) is 22.6 Å². The second-order valence-electron chi connectivity index (χ2n) is 6.40. The molecular formula is C22H30N2O2. The Balaban J connectivity index is 2.79. The molecule has 1 rings (SSSR count). The van der Waals surface area contributed by atoms with E-state index >= 15 is 0 Å². The summed E-state index contributed by atoms with van der Waals surface area (Å²) in [5.74, 6) is 0.494. The van der Waals surface area contributed by atoms with Crippen LogP contribution in [-0.2, 0) is 4.79 Å². The Morgan fingerprint density at radius 3 is 2.69 bits per heavy atom. The van der Waals surface area contributed by atoms with E-state index < -0.39 is 0 Å². The van der Waals surface area contributed by atoms with E-state index in [1.165, 1.54) is 0 Å². The van der Waals surface area contributed by atoms with E-state index in [1.54, 1.807) is 25.3 Å². The lowest BCUT2D eigenvalue weighted by Crippen LogP contribution is -2.17. The van der Waals surface area contributed by atoms with Gasteiger partial charge < -0.3 is 4.74 Å². The summed E-state index contributed by atoms with van der Waals surface area (Å²) in [4.78, 5) is 20.9. The maximum Gasteiger partial charge on any atom is 0.213 e. The SMILES string of the molecule is C=C(C)C(=N/C=C\C)C(=O)/C=C/C[C@@H](CCC)Oc1cc(C)cc(C)n1. The maximum atomic E-state index is 12.3. The quantitative estimate of drug-likeness (QED) is 0.422. The number of aryl methyl sites for hydroxylation is 2. The number of rotatable bonds is 10. The van der Waals surface area contributed by atoms with Gasteiger partial charge in [-0.15, -0.1) is 0 Å². The highest BCUT2D eigenvalue weighted by Gasteiger charge is 2.12. The number of hydrogen-bond acceptors (Lipinski definition) is 4. The Kier molecular flexibility index (Phi) is 9.27. The molecule has 0 aliphatic rings. The lowest BCUT2D eigenvalue weighted by atomic mass is 10.1. The smallest absolute Gasteiger partial charge is 0.213 e. The van der Waals surface area contributed by atoms with Gasteiger partial charge in [0.1, 0.15) is 11.8 Å². The highest BCUT2D eigenvalue weighted by molar-refractivity contribution is 6.49. The highest BCUT2D eigenvalue weighted by Crippen LogP contribution is 2.17. The van der Waals surface area contributed by atoms with E-state index in [0.29, 0.717) is 23.6 Å².